The molecular formula is C10H13O7P3S3. The largest absolute Gasteiger partial charge is 0.375 e. The Morgan fingerprint density at radius 1 is 0.957 bits per heavy atom. The zero-order chi connectivity index (χ0) is 17.1. The van der Waals surface area contributed by atoms with Gasteiger partial charge in [0.15, 0.2) is 0 Å². The molecule has 2 N–H and O–H groups in total. The van der Waals surface area contributed by atoms with E-state index < -0.39 is 22.8 Å². The summed E-state index contributed by atoms with van der Waals surface area (Å²) in [5.41, 5.74) is 0. The minimum atomic E-state index is -4.44. The number of hydrogen-bond acceptors (Lipinski definition) is 8. The Bertz CT molecular complexity index is 713. The number of hydrogen-bond donors (Lipinski definition) is 3. The van der Waals surface area contributed by atoms with E-state index in [-0.39, 0.29) is 21.2 Å². The Labute approximate surface area is 146 Å². The van der Waals surface area contributed by atoms with Crippen molar-refractivity contribution < 1.29 is 32.1 Å². The standard InChI is InChI=1S/C10H13O7P3S3/c11-18(5-6-21,16-19(12,13)9-3-1-7-22-9)17-20(14,15)10-4-2-8-23-10/h1-4,7-8,21H,5-6H2,(H,12,13)(H,14,15). The van der Waals surface area contributed by atoms with Crippen molar-refractivity contribution in [3.05, 3.63) is 35.0 Å². The van der Waals surface area contributed by atoms with Gasteiger partial charge >= 0.3 is 22.8 Å². The van der Waals surface area contributed by atoms with Crippen LogP contribution in [0.4, 0.5) is 0 Å². The van der Waals surface area contributed by atoms with Crippen molar-refractivity contribution in [3.63, 3.8) is 0 Å². The van der Waals surface area contributed by atoms with E-state index in [1.807, 2.05) is 0 Å². The predicted molar refractivity (Wildman–Crippen MR) is 96.1 cm³/mol. The molecule has 0 aliphatic carbocycles. The molecule has 2 rings (SSSR count). The maximum atomic E-state index is 12.7. The van der Waals surface area contributed by atoms with Gasteiger partial charge in [-0.25, -0.2) is 8.62 Å². The van der Waals surface area contributed by atoms with Gasteiger partial charge in [0, 0.05) is 5.75 Å². The van der Waals surface area contributed by atoms with E-state index >= 15 is 0 Å². The third-order valence-corrected chi connectivity index (χ3v) is 12.3. The first-order chi connectivity index (χ1) is 10.7. The summed E-state index contributed by atoms with van der Waals surface area (Å²) in [6.07, 6.45) is -0.387. The Morgan fingerprint density at radius 2 is 1.39 bits per heavy atom. The summed E-state index contributed by atoms with van der Waals surface area (Å²) in [6, 6.07) is 5.74. The van der Waals surface area contributed by atoms with E-state index in [9.17, 15) is 23.5 Å². The summed E-state index contributed by atoms with van der Waals surface area (Å²) in [7, 11) is -13.2. The molecule has 0 fully saturated rings. The van der Waals surface area contributed by atoms with Gasteiger partial charge in [-0.05, 0) is 22.9 Å². The normalized spacial score (nSPS) is 19.6. The van der Waals surface area contributed by atoms with Crippen molar-refractivity contribution in [1.29, 1.82) is 0 Å². The Hall–Kier alpha value is 0.280. The van der Waals surface area contributed by atoms with Crippen LogP contribution >= 0.6 is 58.1 Å². The minimum absolute atomic E-state index is 0.0217. The third kappa shape index (κ3) is 5.13. The lowest BCUT2D eigenvalue weighted by Crippen LogP contribution is -2.08. The topological polar surface area (TPSA) is 110 Å². The third-order valence-electron chi connectivity index (χ3n) is 2.41. The predicted octanol–water partition coefficient (Wildman–Crippen LogP) is 3.29. The second-order valence-corrected chi connectivity index (χ2v) is 13.1. The van der Waals surface area contributed by atoms with Crippen LogP contribution in [0.2, 0.25) is 0 Å². The highest BCUT2D eigenvalue weighted by atomic mass is 32.1. The van der Waals surface area contributed by atoms with Crippen LogP contribution < -0.4 is 9.24 Å². The Kier molecular flexibility index (Phi) is 6.53. The summed E-state index contributed by atoms with van der Waals surface area (Å²) in [5, 5.41) is 3.10. The molecule has 0 bridgehead atoms. The molecule has 0 aliphatic heterocycles. The molecule has 0 amide bonds. The van der Waals surface area contributed by atoms with Crippen molar-refractivity contribution in [2.45, 2.75) is 0 Å². The van der Waals surface area contributed by atoms with Gasteiger partial charge < -0.3 is 9.79 Å². The molecule has 128 valence electrons. The number of thiophene rings is 2. The number of thiol groups is 1. The molecule has 0 spiro atoms. The number of rotatable bonds is 8. The maximum absolute atomic E-state index is 12.7. The van der Waals surface area contributed by atoms with Crippen LogP contribution in [0.15, 0.2) is 35.0 Å². The second-order valence-electron chi connectivity index (χ2n) is 4.16. The fourth-order valence-electron chi connectivity index (χ4n) is 1.50. The van der Waals surface area contributed by atoms with E-state index in [1.165, 1.54) is 24.3 Å². The lowest BCUT2D eigenvalue weighted by atomic mass is 10.7. The van der Waals surface area contributed by atoms with Crippen molar-refractivity contribution >= 4 is 67.3 Å². The lowest BCUT2D eigenvalue weighted by Gasteiger charge is -2.22. The molecule has 2 atom stereocenters. The monoisotopic (exact) mass is 434 g/mol. The highest BCUT2D eigenvalue weighted by Gasteiger charge is 2.42. The molecule has 7 nitrogen and oxygen atoms in total. The molecular weight excluding hydrogens is 421 g/mol. The van der Waals surface area contributed by atoms with Gasteiger partial charge in [0.2, 0.25) is 0 Å². The first kappa shape index (κ1) is 19.6. The molecule has 0 aromatic carbocycles. The average Bonchev–Trinajstić information content (AvgIpc) is 3.12. The average molecular weight is 434 g/mol. The quantitative estimate of drug-likeness (QED) is 0.432. The molecule has 0 saturated heterocycles. The fourth-order valence-corrected chi connectivity index (χ4v) is 10.3. The van der Waals surface area contributed by atoms with E-state index in [0.29, 0.717) is 0 Å². The summed E-state index contributed by atoms with van der Waals surface area (Å²) in [6.45, 7) is 0. The van der Waals surface area contributed by atoms with Crippen LogP contribution in [0.3, 0.4) is 0 Å². The van der Waals surface area contributed by atoms with Gasteiger partial charge in [0.25, 0.3) is 0 Å². The van der Waals surface area contributed by atoms with Gasteiger partial charge in [-0.1, -0.05) is 12.1 Å². The van der Waals surface area contributed by atoms with E-state index in [1.54, 1.807) is 10.8 Å². The molecule has 13 heteroatoms. The summed E-state index contributed by atoms with van der Waals surface area (Å²) in [5.74, 6) is -0.0217. The second kappa shape index (κ2) is 7.67. The van der Waals surface area contributed by atoms with Gasteiger partial charge in [-0.3, -0.25) is 13.7 Å². The van der Waals surface area contributed by atoms with Gasteiger partial charge in [-0.15, -0.1) is 22.7 Å². The van der Waals surface area contributed by atoms with Crippen molar-refractivity contribution in [2.75, 3.05) is 11.9 Å². The highest BCUT2D eigenvalue weighted by Crippen LogP contribution is 2.68. The van der Waals surface area contributed by atoms with Gasteiger partial charge in [0.05, 0.1) is 6.16 Å². The maximum Gasteiger partial charge on any atom is 0.375 e. The highest BCUT2D eigenvalue weighted by molar-refractivity contribution is 7.82. The first-order valence-corrected chi connectivity index (χ1v) is 13.3. The molecule has 0 radical (unpaired) electrons. The van der Waals surface area contributed by atoms with Crippen LogP contribution in [-0.4, -0.2) is 21.7 Å². The molecule has 2 heterocycles. The van der Waals surface area contributed by atoms with Crippen LogP contribution in [-0.2, 0) is 22.3 Å². The van der Waals surface area contributed by atoms with Crippen LogP contribution in [0.25, 0.3) is 0 Å². The molecule has 2 aromatic heterocycles. The molecule has 23 heavy (non-hydrogen) atoms. The van der Waals surface area contributed by atoms with Gasteiger partial charge in [0.1, 0.15) is 9.24 Å². The zero-order valence-corrected chi connectivity index (χ0v) is 16.6. The van der Waals surface area contributed by atoms with Crippen molar-refractivity contribution in [3.8, 4) is 0 Å². The summed E-state index contributed by atoms with van der Waals surface area (Å²) < 4.78 is 46.7. The van der Waals surface area contributed by atoms with Crippen molar-refractivity contribution in [1.82, 2.24) is 0 Å². The van der Waals surface area contributed by atoms with Crippen LogP contribution in [0, 0.1) is 0 Å². The summed E-state index contributed by atoms with van der Waals surface area (Å²) >= 11 is 5.78. The Morgan fingerprint density at radius 3 is 1.70 bits per heavy atom. The smallest absolute Gasteiger partial charge is 0.320 e. The van der Waals surface area contributed by atoms with Crippen LogP contribution in [0.1, 0.15) is 0 Å². The van der Waals surface area contributed by atoms with E-state index in [4.69, 9.17) is 8.62 Å². The molecule has 2 unspecified atom stereocenters. The van der Waals surface area contributed by atoms with Crippen molar-refractivity contribution in [2.24, 2.45) is 0 Å². The van der Waals surface area contributed by atoms with E-state index in [0.717, 1.165) is 22.7 Å². The first-order valence-electron chi connectivity index (χ1n) is 6.05. The summed E-state index contributed by atoms with van der Waals surface area (Å²) in [4.78, 5) is 19.9. The lowest BCUT2D eigenvalue weighted by molar-refractivity contribution is 0.326. The molecule has 0 aliphatic rings. The fraction of sp³-hybridized carbons (Fsp3) is 0.200. The zero-order valence-electron chi connectivity index (χ0n) is 11.4. The van der Waals surface area contributed by atoms with Gasteiger partial charge in [-0.2, -0.15) is 12.6 Å². The molecule has 2 aromatic rings. The van der Waals surface area contributed by atoms with E-state index in [2.05, 4.69) is 12.6 Å². The molecule has 0 saturated carbocycles. The minimum Gasteiger partial charge on any atom is -0.320 e. The SMILES string of the molecule is O=P(CCS)(OP(=O)(O)c1cccs1)OP(=O)(O)c1cccs1. The Balaban J connectivity index is 2.27. The van der Waals surface area contributed by atoms with Crippen LogP contribution in [0.5, 0.6) is 0 Å².